The molecule has 1 fully saturated rings. The number of rotatable bonds is 3. The van der Waals surface area contributed by atoms with Crippen molar-refractivity contribution in [3.63, 3.8) is 0 Å². The first-order valence-electron chi connectivity index (χ1n) is 4.89. The maximum Gasteiger partial charge on any atom is 0.242 e. The van der Waals surface area contributed by atoms with Gasteiger partial charge in [-0.15, -0.1) is 0 Å². The van der Waals surface area contributed by atoms with Crippen molar-refractivity contribution in [1.29, 1.82) is 0 Å². The molecule has 1 aromatic rings. The molecule has 0 spiro atoms. The SMILES string of the molecule is O=C(Nc1cnc(Cl)cc1Cl)[C@H]1C[C@@H]1C(F)F. The molecule has 17 heavy (non-hydrogen) atoms. The molecule has 0 aliphatic heterocycles. The van der Waals surface area contributed by atoms with Crippen molar-refractivity contribution in [3.05, 3.63) is 22.4 Å². The fourth-order valence-electron chi connectivity index (χ4n) is 1.52. The lowest BCUT2D eigenvalue weighted by Crippen LogP contribution is -2.16. The van der Waals surface area contributed by atoms with Gasteiger partial charge in [-0.2, -0.15) is 0 Å². The number of aromatic nitrogens is 1. The molecule has 1 aliphatic rings. The van der Waals surface area contributed by atoms with Gasteiger partial charge in [0, 0.05) is 11.8 Å². The number of anilines is 1. The summed E-state index contributed by atoms with van der Waals surface area (Å²) < 4.78 is 24.5. The molecule has 0 saturated heterocycles. The van der Waals surface area contributed by atoms with Crippen LogP contribution in [0.2, 0.25) is 10.2 Å². The second-order valence-corrected chi connectivity index (χ2v) is 4.61. The highest BCUT2D eigenvalue weighted by Gasteiger charge is 2.48. The van der Waals surface area contributed by atoms with E-state index in [-0.39, 0.29) is 22.3 Å². The third kappa shape index (κ3) is 2.84. The first-order chi connectivity index (χ1) is 7.99. The normalized spacial score (nSPS) is 22.6. The third-order valence-corrected chi connectivity index (χ3v) is 3.10. The molecule has 0 aromatic carbocycles. The van der Waals surface area contributed by atoms with Crippen LogP contribution in [0, 0.1) is 11.8 Å². The van der Waals surface area contributed by atoms with Gasteiger partial charge in [-0.1, -0.05) is 23.2 Å². The fourth-order valence-corrected chi connectivity index (χ4v) is 1.93. The van der Waals surface area contributed by atoms with Crippen LogP contribution in [0.25, 0.3) is 0 Å². The highest BCUT2D eigenvalue weighted by molar-refractivity contribution is 6.36. The van der Waals surface area contributed by atoms with Crippen LogP contribution in [0.1, 0.15) is 6.42 Å². The van der Waals surface area contributed by atoms with Crippen LogP contribution < -0.4 is 5.32 Å². The second kappa shape index (κ2) is 4.74. The summed E-state index contributed by atoms with van der Waals surface area (Å²) in [5.74, 6) is -1.93. The lowest BCUT2D eigenvalue weighted by atomic mass is 10.3. The van der Waals surface area contributed by atoms with Crippen molar-refractivity contribution in [2.24, 2.45) is 11.8 Å². The Balaban J connectivity index is 2.00. The Morgan fingerprint density at radius 1 is 1.53 bits per heavy atom. The van der Waals surface area contributed by atoms with Gasteiger partial charge in [0.05, 0.1) is 16.9 Å². The molecule has 2 rings (SSSR count). The van der Waals surface area contributed by atoms with Crippen LogP contribution in [-0.4, -0.2) is 17.3 Å². The monoisotopic (exact) mass is 280 g/mol. The highest BCUT2D eigenvalue weighted by Crippen LogP contribution is 2.44. The molecule has 7 heteroatoms. The predicted octanol–water partition coefficient (Wildman–Crippen LogP) is 3.23. The van der Waals surface area contributed by atoms with Gasteiger partial charge in [0.15, 0.2) is 0 Å². The van der Waals surface area contributed by atoms with Crippen LogP contribution >= 0.6 is 23.2 Å². The molecule has 92 valence electrons. The van der Waals surface area contributed by atoms with E-state index in [9.17, 15) is 13.6 Å². The Labute approximate surface area is 106 Å². The van der Waals surface area contributed by atoms with Crippen LogP contribution in [-0.2, 0) is 4.79 Å². The van der Waals surface area contributed by atoms with Gasteiger partial charge in [-0.25, -0.2) is 13.8 Å². The summed E-state index contributed by atoms with van der Waals surface area (Å²) >= 11 is 11.4. The Bertz CT molecular complexity index is 456. The number of carbonyl (C=O) groups excluding carboxylic acids is 1. The van der Waals surface area contributed by atoms with Gasteiger partial charge in [0.25, 0.3) is 0 Å². The Kier molecular flexibility index (Phi) is 3.49. The Hall–Kier alpha value is -0.940. The standard InChI is InChI=1S/C10H8Cl2F2N2O/c11-6-2-8(12)15-3-7(6)16-10(17)5-1-4(5)9(13)14/h2-5,9H,1H2,(H,16,17)/t4-,5-/m0/s1. The first-order valence-corrected chi connectivity index (χ1v) is 5.64. The van der Waals surface area contributed by atoms with Crippen molar-refractivity contribution >= 4 is 34.8 Å². The van der Waals surface area contributed by atoms with Gasteiger partial charge in [0.1, 0.15) is 5.15 Å². The van der Waals surface area contributed by atoms with Crippen molar-refractivity contribution in [1.82, 2.24) is 4.98 Å². The Morgan fingerprint density at radius 3 is 2.76 bits per heavy atom. The van der Waals surface area contributed by atoms with E-state index in [2.05, 4.69) is 10.3 Å². The minimum Gasteiger partial charge on any atom is -0.323 e. The number of alkyl halides is 2. The first kappa shape index (κ1) is 12.5. The van der Waals surface area contributed by atoms with Crippen LogP contribution in [0.4, 0.5) is 14.5 Å². The molecule has 2 atom stereocenters. The van der Waals surface area contributed by atoms with E-state index in [4.69, 9.17) is 23.2 Å². The van der Waals surface area contributed by atoms with Crippen LogP contribution in [0.5, 0.6) is 0 Å². The average Bonchev–Trinajstić information content (AvgIpc) is 3.01. The molecule has 0 radical (unpaired) electrons. The van der Waals surface area contributed by atoms with Crippen molar-refractivity contribution in [2.45, 2.75) is 12.8 Å². The number of nitrogens with zero attached hydrogens (tertiary/aromatic N) is 1. The van der Waals surface area contributed by atoms with Gasteiger partial charge in [-0.3, -0.25) is 4.79 Å². The van der Waals surface area contributed by atoms with Crippen molar-refractivity contribution < 1.29 is 13.6 Å². The smallest absolute Gasteiger partial charge is 0.242 e. The van der Waals surface area contributed by atoms with Gasteiger partial charge < -0.3 is 5.32 Å². The predicted molar refractivity (Wildman–Crippen MR) is 60.5 cm³/mol. The van der Waals surface area contributed by atoms with Gasteiger partial charge >= 0.3 is 0 Å². The molecule has 1 N–H and O–H groups in total. The molecule has 0 unspecified atom stereocenters. The van der Waals surface area contributed by atoms with E-state index < -0.39 is 24.2 Å². The number of hydrogen-bond donors (Lipinski definition) is 1. The largest absolute Gasteiger partial charge is 0.323 e. The topological polar surface area (TPSA) is 42.0 Å². The zero-order valence-electron chi connectivity index (χ0n) is 8.46. The molecular weight excluding hydrogens is 273 g/mol. The lowest BCUT2D eigenvalue weighted by molar-refractivity contribution is -0.118. The van der Waals surface area contributed by atoms with E-state index in [0.29, 0.717) is 0 Å². The number of carbonyl (C=O) groups is 1. The van der Waals surface area contributed by atoms with Gasteiger partial charge in [0.2, 0.25) is 12.3 Å². The molecular formula is C10H8Cl2F2N2O. The minimum atomic E-state index is -2.45. The molecule has 1 saturated carbocycles. The summed E-state index contributed by atoms with van der Waals surface area (Å²) in [7, 11) is 0. The number of nitrogens with one attached hydrogen (secondary N) is 1. The molecule has 1 amide bonds. The maximum atomic E-state index is 12.3. The van der Waals surface area contributed by atoms with Gasteiger partial charge in [-0.05, 0) is 12.5 Å². The molecule has 1 heterocycles. The highest BCUT2D eigenvalue weighted by atomic mass is 35.5. The average molecular weight is 281 g/mol. The number of hydrogen-bond acceptors (Lipinski definition) is 2. The molecule has 1 aromatic heterocycles. The van der Waals surface area contributed by atoms with Crippen molar-refractivity contribution in [3.8, 4) is 0 Å². The summed E-state index contributed by atoms with van der Waals surface area (Å²) in [5, 5.41) is 2.89. The number of halogens is 4. The zero-order valence-corrected chi connectivity index (χ0v) is 9.97. The second-order valence-electron chi connectivity index (χ2n) is 3.82. The summed E-state index contributed by atoms with van der Waals surface area (Å²) in [6.45, 7) is 0. The quantitative estimate of drug-likeness (QED) is 0.864. The third-order valence-electron chi connectivity index (χ3n) is 2.58. The zero-order chi connectivity index (χ0) is 12.6. The summed E-state index contributed by atoms with van der Waals surface area (Å²) in [5.41, 5.74) is 0.279. The van der Waals surface area contributed by atoms with E-state index >= 15 is 0 Å². The van der Waals surface area contributed by atoms with E-state index in [1.54, 1.807) is 0 Å². The summed E-state index contributed by atoms with van der Waals surface area (Å²) in [4.78, 5) is 15.3. The summed E-state index contributed by atoms with van der Waals surface area (Å²) in [6, 6.07) is 1.37. The van der Waals surface area contributed by atoms with Crippen molar-refractivity contribution in [2.75, 3.05) is 5.32 Å². The molecule has 1 aliphatic carbocycles. The number of amides is 1. The van der Waals surface area contributed by atoms with E-state index in [1.807, 2.05) is 0 Å². The van der Waals surface area contributed by atoms with E-state index in [1.165, 1.54) is 12.3 Å². The molecule has 0 bridgehead atoms. The molecule has 3 nitrogen and oxygen atoms in total. The minimum absolute atomic E-state index is 0.199. The van der Waals surface area contributed by atoms with Crippen LogP contribution in [0.15, 0.2) is 12.3 Å². The lowest BCUT2D eigenvalue weighted by Gasteiger charge is -2.06. The fraction of sp³-hybridized carbons (Fsp3) is 0.400. The number of pyridine rings is 1. The summed E-state index contributed by atoms with van der Waals surface area (Å²) in [6.07, 6.45) is -0.950. The maximum absolute atomic E-state index is 12.3. The Morgan fingerprint density at radius 2 is 2.24 bits per heavy atom. The van der Waals surface area contributed by atoms with Crippen LogP contribution in [0.3, 0.4) is 0 Å². The van der Waals surface area contributed by atoms with E-state index in [0.717, 1.165) is 0 Å².